The number of benzene rings is 2. The maximum atomic E-state index is 13.7. The predicted molar refractivity (Wildman–Crippen MR) is 156 cm³/mol. The quantitative estimate of drug-likeness (QED) is 0.303. The molecule has 0 bridgehead atoms. The Kier molecular flexibility index (Phi) is 8.04. The van der Waals surface area contributed by atoms with Gasteiger partial charge in [0.25, 0.3) is 5.91 Å². The lowest BCUT2D eigenvalue weighted by Gasteiger charge is -2.35. The minimum atomic E-state index is -4.24. The highest BCUT2D eigenvalue weighted by molar-refractivity contribution is 7.91. The van der Waals surface area contributed by atoms with Crippen molar-refractivity contribution in [3.05, 3.63) is 70.4 Å². The van der Waals surface area contributed by atoms with E-state index < -0.39 is 51.1 Å². The van der Waals surface area contributed by atoms with E-state index in [4.69, 9.17) is 9.84 Å². The van der Waals surface area contributed by atoms with Crippen LogP contribution in [-0.4, -0.2) is 59.9 Å². The highest BCUT2D eigenvalue weighted by atomic mass is 32.2. The van der Waals surface area contributed by atoms with Gasteiger partial charge in [-0.1, -0.05) is 18.2 Å². The van der Waals surface area contributed by atoms with E-state index in [2.05, 4.69) is 10.6 Å². The molecule has 0 fully saturated rings. The van der Waals surface area contributed by atoms with Gasteiger partial charge in [0, 0.05) is 19.1 Å². The van der Waals surface area contributed by atoms with E-state index in [-0.39, 0.29) is 30.8 Å². The molecule has 0 radical (unpaired) electrons. The van der Waals surface area contributed by atoms with Gasteiger partial charge in [0.05, 0.1) is 29.1 Å². The second-order valence-electron chi connectivity index (χ2n) is 11.9. The monoisotopic (exact) mass is 634 g/mol. The zero-order chi connectivity index (χ0) is 32.1. The highest BCUT2D eigenvalue weighted by Crippen LogP contribution is 2.44. The van der Waals surface area contributed by atoms with Crippen molar-refractivity contribution in [3.8, 4) is 11.4 Å². The number of fused-ring (bicyclic) bond motifs is 3. The molecule has 44 heavy (non-hydrogen) atoms. The molecule has 2 aromatic carbocycles. The first-order valence-electron chi connectivity index (χ1n) is 14.0. The van der Waals surface area contributed by atoms with Crippen molar-refractivity contribution in [1.29, 1.82) is 0 Å². The lowest BCUT2D eigenvalue weighted by molar-refractivity contribution is -0.136. The molecule has 0 saturated heterocycles. The van der Waals surface area contributed by atoms with Crippen LogP contribution in [0, 0.1) is 0 Å². The Balaban J connectivity index is 1.47. The third-order valence-corrected chi connectivity index (χ3v) is 8.55. The fourth-order valence-corrected chi connectivity index (χ4v) is 6.30. The number of hydrogen-bond donors (Lipinski definition) is 3. The number of aryl methyl sites for hydroxylation is 1. The molecule has 2 amide bonds. The van der Waals surface area contributed by atoms with E-state index in [1.165, 1.54) is 4.68 Å². The minimum absolute atomic E-state index is 0.0258. The third-order valence-electron chi connectivity index (χ3n) is 7.76. The van der Waals surface area contributed by atoms with Crippen LogP contribution >= 0.6 is 0 Å². The summed E-state index contributed by atoms with van der Waals surface area (Å²) in [7, 11) is -3.66. The predicted octanol–water partition coefficient (Wildman–Crippen LogP) is 3.93. The number of alkyl halides is 3. The SMILES string of the molecule is CC(C)(O)c1ccc(-n2nc3c(c2NC(=O)CS(C)(=O)=O)C(=O)N[C@@]2(CCc4cc(OCCCC(F)(F)F)ccc42)C3)cc1. The van der Waals surface area contributed by atoms with Crippen LogP contribution in [0.25, 0.3) is 5.69 Å². The van der Waals surface area contributed by atoms with E-state index in [1.54, 1.807) is 56.3 Å². The molecule has 3 N–H and O–H groups in total. The zero-order valence-corrected chi connectivity index (χ0v) is 25.2. The van der Waals surface area contributed by atoms with Crippen LogP contribution in [0.3, 0.4) is 0 Å². The first kappa shape index (κ1) is 31.5. The van der Waals surface area contributed by atoms with Crippen LogP contribution in [0.2, 0.25) is 0 Å². The number of aliphatic hydroxyl groups is 1. The van der Waals surface area contributed by atoms with Crippen LogP contribution in [0.1, 0.15) is 65.9 Å². The third kappa shape index (κ3) is 6.75. The molecule has 0 unspecified atom stereocenters. The number of halogens is 3. The van der Waals surface area contributed by atoms with E-state index in [1.807, 2.05) is 0 Å². The topological polar surface area (TPSA) is 140 Å². The Morgan fingerprint density at radius 1 is 1.18 bits per heavy atom. The summed E-state index contributed by atoms with van der Waals surface area (Å²) in [4.78, 5) is 26.4. The van der Waals surface area contributed by atoms with Gasteiger partial charge in [-0.2, -0.15) is 18.3 Å². The summed E-state index contributed by atoms with van der Waals surface area (Å²) in [6.45, 7) is 3.20. The van der Waals surface area contributed by atoms with Crippen molar-refractivity contribution in [3.63, 3.8) is 0 Å². The number of carbonyl (C=O) groups excluding carboxylic acids is 2. The van der Waals surface area contributed by atoms with Gasteiger partial charge in [-0.25, -0.2) is 13.1 Å². The number of nitrogens with one attached hydrogen (secondary N) is 2. The molecule has 10 nitrogen and oxygen atoms in total. The normalized spacial score (nSPS) is 18.1. The van der Waals surface area contributed by atoms with E-state index in [9.17, 15) is 36.3 Å². The van der Waals surface area contributed by atoms with Crippen LogP contribution in [-0.2, 0) is 38.6 Å². The second kappa shape index (κ2) is 11.2. The van der Waals surface area contributed by atoms with Crippen molar-refractivity contribution in [2.75, 3.05) is 23.9 Å². The largest absolute Gasteiger partial charge is 0.494 e. The lowest BCUT2D eigenvalue weighted by atomic mass is 9.82. The fraction of sp³-hybridized carbons (Fsp3) is 0.433. The van der Waals surface area contributed by atoms with E-state index in [0.29, 0.717) is 35.5 Å². The Morgan fingerprint density at radius 3 is 2.52 bits per heavy atom. The van der Waals surface area contributed by atoms with Crippen molar-refractivity contribution >= 4 is 27.5 Å². The van der Waals surface area contributed by atoms with Gasteiger partial charge in [0.15, 0.2) is 9.84 Å². The van der Waals surface area contributed by atoms with Crippen molar-refractivity contribution in [1.82, 2.24) is 15.1 Å². The van der Waals surface area contributed by atoms with Crippen molar-refractivity contribution in [2.24, 2.45) is 0 Å². The first-order chi connectivity index (χ1) is 20.4. The van der Waals surface area contributed by atoms with Crippen LogP contribution in [0.4, 0.5) is 19.0 Å². The number of ether oxygens (including phenoxy) is 1. The summed E-state index contributed by atoms with van der Waals surface area (Å²) in [6, 6.07) is 12.0. The summed E-state index contributed by atoms with van der Waals surface area (Å²) < 4.78 is 67.9. The average Bonchev–Trinajstić information content (AvgIpc) is 3.42. The standard InChI is InChI=1S/C30H33F3N4O6S/c1-28(2,40)19-5-7-20(8-6-19)37-26(34-24(38)17-44(3,41)42)25-23(36-37)16-29(35-27(25)39)13-11-18-15-21(9-10-22(18)29)43-14-4-12-30(31,32)33/h5-10,15,40H,4,11-14,16-17H2,1-3H3,(H,34,38)(H,35,39)/t29-/m0/s1. The maximum Gasteiger partial charge on any atom is 0.389 e. The number of rotatable bonds is 9. The minimum Gasteiger partial charge on any atom is -0.494 e. The molecule has 2 heterocycles. The van der Waals surface area contributed by atoms with Crippen LogP contribution < -0.4 is 15.4 Å². The smallest absolute Gasteiger partial charge is 0.389 e. The number of aromatic nitrogens is 2. The van der Waals surface area contributed by atoms with Gasteiger partial charge < -0.3 is 20.5 Å². The summed E-state index contributed by atoms with van der Waals surface area (Å²) >= 11 is 0. The number of amides is 2. The number of sulfone groups is 1. The number of nitrogens with zero attached hydrogens (tertiary/aromatic N) is 2. The van der Waals surface area contributed by atoms with Crippen LogP contribution in [0.5, 0.6) is 5.75 Å². The van der Waals surface area contributed by atoms with Gasteiger partial charge >= 0.3 is 6.18 Å². The summed E-state index contributed by atoms with van der Waals surface area (Å²) in [6.07, 6.45) is -3.00. The lowest BCUT2D eigenvalue weighted by Crippen LogP contribution is -2.49. The summed E-state index contributed by atoms with van der Waals surface area (Å²) in [5.74, 6) is -1.64. The van der Waals surface area contributed by atoms with Crippen molar-refractivity contribution in [2.45, 2.75) is 63.3 Å². The molecule has 2 aliphatic rings. The molecule has 5 rings (SSSR count). The van der Waals surface area contributed by atoms with E-state index >= 15 is 0 Å². The summed E-state index contributed by atoms with van der Waals surface area (Å²) in [5, 5.41) is 20.7. The molecule has 1 aliphatic carbocycles. The number of hydrogen-bond acceptors (Lipinski definition) is 7. The zero-order valence-electron chi connectivity index (χ0n) is 24.4. The molecule has 1 atom stereocenters. The molecular formula is C30H33F3N4O6S. The van der Waals surface area contributed by atoms with Gasteiger partial charge in [-0.05, 0) is 74.1 Å². The highest BCUT2D eigenvalue weighted by Gasteiger charge is 2.47. The Labute approximate surface area is 252 Å². The molecule has 1 aromatic heterocycles. The van der Waals surface area contributed by atoms with E-state index in [0.717, 1.165) is 17.4 Å². The van der Waals surface area contributed by atoms with Gasteiger partial charge in [0.1, 0.15) is 22.9 Å². The molecule has 3 aromatic rings. The van der Waals surface area contributed by atoms with Gasteiger partial charge in [-0.3, -0.25) is 9.59 Å². The average molecular weight is 635 g/mol. The molecule has 0 saturated carbocycles. The molecule has 14 heteroatoms. The summed E-state index contributed by atoms with van der Waals surface area (Å²) in [5.41, 5.74) is 1.43. The van der Waals surface area contributed by atoms with Gasteiger partial charge in [-0.15, -0.1) is 0 Å². The Hall–Kier alpha value is -3.91. The first-order valence-corrected chi connectivity index (χ1v) is 16.1. The molecular weight excluding hydrogens is 601 g/mol. The van der Waals surface area contributed by atoms with Gasteiger partial charge in [0.2, 0.25) is 5.91 Å². The Bertz CT molecular complexity index is 1710. The van der Waals surface area contributed by atoms with Crippen LogP contribution in [0.15, 0.2) is 42.5 Å². The maximum absolute atomic E-state index is 13.7. The fourth-order valence-electron chi connectivity index (χ4n) is 5.75. The molecule has 1 aliphatic heterocycles. The molecule has 1 spiro atoms. The number of carbonyl (C=O) groups is 2. The second-order valence-corrected chi connectivity index (χ2v) is 14.0. The Morgan fingerprint density at radius 2 is 1.89 bits per heavy atom. The number of anilines is 1. The van der Waals surface area contributed by atoms with Crippen molar-refractivity contribution < 1.29 is 41.0 Å². The molecule has 236 valence electrons.